The van der Waals surface area contributed by atoms with Crippen LogP contribution in [0.15, 0.2) is 36.7 Å². The first-order valence-electron chi connectivity index (χ1n) is 9.80. The normalized spacial score (nSPS) is 15.8. The van der Waals surface area contributed by atoms with E-state index in [0.29, 0.717) is 10.9 Å². The van der Waals surface area contributed by atoms with Gasteiger partial charge in [-0.2, -0.15) is 8.78 Å². The fraction of sp³-hybridized carbons (Fsp3) is 0.286. The van der Waals surface area contributed by atoms with Gasteiger partial charge in [0.05, 0.1) is 36.0 Å². The molecule has 8 nitrogen and oxygen atoms in total. The van der Waals surface area contributed by atoms with Gasteiger partial charge in [0.2, 0.25) is 0 Å². The number of halogens is 4. The number of nitrogens with one attached hydrogen (secondary N) is 1. The van der Waals surface area contributed by atoms with Crippen molar-refractivity contribution < 1.29 is 32.2 Å². The molecule has 33 heavy (non-hydrogen) atoms. The lowest BCUT2D eigenvalue weighted by molar-refractivity contribution is -0.158. The van der Waals surface area contributed by atoms with E-state index < -0.39 is 24.6 Å². The molecule has 1 aromatic heterocycles. The predicted molar refractivity (Wildman–Crippen MR) is 114 cm³/mol. The van der Waals surface area contributed by atoms with Gasteiger partial charge in [0, 0.05) is 18.0 Å². The van der Waals surface area contributed by atoms with Crippen LogP contribution in [0.25, 0.3) is 10.9 Å². The number of alkyl halides is 2. The maximum Gasteiger partial charge on any atom is 0.415 e. The summed E-state index contributed by atoms with van der Waals surface area (Å²) in [5, 5.41) is 3.22. The van der Waals surface area contributed by atoms with Crippen LogP contribution < -0.4 is 14.8 Å². The van der Waals surface area contributed by atoms with E-state index in [1.807, 2.05) is 0 Å². The molecule has 0 radical (unpaired) electrons. The lowest BCUT2D eigenvalue weighted by atomic mass is 10.2. The van der Waals surface area contributed by atoms with Crippen molar-refractivity contribution in [3.63, 3.8) is 0 Å². The summed E-state index contributed by atoms with van der Waals surface area (Å²) in [7, 11) is 1.39. The molecule has 0 spiro atoms. The highest BCUT2D eigenvalue weighted by atomic mass is 35.5. The van der Waals surface area contributed by atoms with Gasteiger partial charge in [-0.1, -0.05) is 17.7 Å². The number of ether oxygens (including phenoxy) is 3. The third kappa shape index (κ3) is 5.04. The molecule has 12 heteroatoms. The molecule has 1 aliphatic heterocycles. The number of anilines is 2. The van der Waals surface area contributed by atoms with Gasteiger partial charge < -0.3 is 24.4 Å². The molecule has 0 saturated carbocycles. The van der Waals surface area contributed by atoms with Gasteiger partial charge in [0.15, 0.2) is 17.3 Å². The molecular weight excluding hydrogens is 465 g/mol. The highest BCUT2D eigenvalue weighted by Crippen LogP contribution is 2.36. The first-order valence-corrected chi connectivity index (χ1v) is 10.2. The molecule has 0 unspecified atom stereocenters. The van der Waals surface area contributed by atoms with Crippen LogP contribution in [0.1, 0.15) is 6.42 Å². The van der Waals surface area contributed by atoms with Crippen molar-refractivity contribution in [3.8, 4) is 11.5 Å². The van der Waals surface area contributed by atoms with Crippen molar-refractivity contribution in [2.24, 2.45) is 0 Å². The molecule has 2 heterocycles. The summed E-state index contributed by atoms with van der Waals surface area (Å²) in [6.45, 7) is -2.74. The van der Waals surface area contributed by atoms with Crippen LogP contribution in [0.2, 0.25) is 5.02 Å². The topological polar surface area (TPSA) is 85.8 Å². The summed E-state index contributed by atoms with van der Waals surface area (Å²) in [6, 6.07) is 7.49. The molecule has 2 aromatic carbocycles. The van der Waals surface area contributed by atoms with E-state index in [2.05, 4.69) is 20.0 Å². The molecule has 0 aliphatic carbocycles. The summed E-state index contributed by atoms with van der Waals surface area (Å²) in [4.78, 5) is 22.2. The van der Waals surface area contributed by atoms with Crippen LogP contribution >= 0.6 is 11.6 Å². The summed E-state index contributed by atoms with van der Waals surface area (Å²) >= 11 is 5.84. The molecule has 0 bridgehead atoms. The van der Waals surface area contributed by atoms with E-state index in [9.17, 15) is 18.0 Å². The number of carbonyl (C=O) groups excluding carboxylic acids is 1. The third-order valence-corrected chi connectivity index (χ3v) is 5.31. The Bertz CT molecular complexity index is 1180. The minimum absolute atomic E-state index is 0.0248. The van der Waals surface area contributed by atoms with Crippen molar-refractivity contribution in [2.75, 3.05) is 25.5 Å². The van der Waals surface area contributed by atoms with E-state index >= 15 is 0 Å². The minimum atomic E-state index is -2.91. The third-order valence-electron chi connectivity index (χ3n) is 5.02. The lowest BCUT2D eigenvalue weighted by Crippen LogP contribution is -2.33. The van der Waals surface area contributed by atoms with E-state index in [0.717, 1.165) is 0 Å². The molecule has 1 saturated heterocycles. The fourth-order valence-electron chi connectivity index (χ4n) is 3.44. The van der Waals surface area contributed by atoms with Gasteiger partial charge in [-0.25, -0.2) is 19.2 Å². The standard InChI is InChI=1S/C21H18ClF3N4O4/c1-31-16-8-15-12(19(27-10-26-15)28-14-4-2-3-13(22)18(14)23)7-17(16)33-21(30)29-6-5-11(9-29)32-20(24)25/h2-4,7-8,10-11,20H,5-6,9H2,1H3,(H,26,27,28)/t11-/m1/s1. The largest absolute Gasteiger partial charge is 0.493 e. The smallest absolute Gasteiger partial charge is 0.415 e. The molecule has 1 fully saturated rings. The van der Waals surface area contributed by atoms with Gasteiger partial charge in [-0.3, -0.25) is 0 Å². The monoisotopic (exact) mass is 482 g/mol. The molecule has 3 aromatic rings. The molecule has 1 amide bonds. The maximum absolute atomic E-state index is 14.4. The number of rotatable bonds is 6. The Labute approximate surface area is 191 Å². The second kappa shape index (κ2) is 9.67. The number of nitrogens with zero attached hydrogens (tertiary/aromatic N) is 3. The van der Waals surface area contributed by atoms with Gasteiger partial charge in [0.25, 0.3) is 0 Å². The van der Waals surface area contributed by atoms with E-state index in [1.165, 1.54) is 42.6 Å². The van der Waals surface area contributed by atoms with Crippen LogP contribution in [0.5, 0.6) is 11.5 Å². The number of methoxy groups -OCH3 is 1. The number of amides is 1. The molecule has 174 valence electrons. The first kappa shape index (κ1) is 22.9. The second-order valence-corrected chi connectivity index (χ2v) is 7.50. The second-order valence-electron chi connectivity index (χ2n) is 7.09. The summed E-state index contributed by atoms with van der Waals surface area (Å²) in [5.74, 6) is -0.139. The van der Waals surface area contributed by atoms with Crippen molar-refractivity contribution in [1.29, 1.82) is 0 Å². The van der Waals surface area contributed by atoms with Crippen molar-refractivity contribution in [3.05, 3.63) is 47.5 Å². The van der Waals surface area contributed by atoms with Crippen molar-refractivity contribution in [2.45, 2.75) is 19.1 Å². The minimum Gasteiger partial charge on any atom is -0.493 e. The lowest BCUT2D eigenvalue weighted by Gasteiger charge is -2.18. The molecule has 1 atom stereocenters. The Hall–Kier alpha value is -3.31. The Kier molecular flexibility index (Phi) is 6.70. The average Bonchev–Trinajstić information content (AvgIpc) is 3.24. The van der Waals surface area contributed by atoms with Crippen molar-refractivity contribution in [1.82, 2.24) is 14.9 Å². The number of fused-ring (bicyclic) bond motifs is 1. The number of likely N-dealkylation sites (tertiary alicyclic amines) is 1. The van der Waals surface area contributed by atoms with Gasteiger partial charge in [-0.15, -0.1) is 0 Å². The van der Waals surface area contributed by atoms with Gasteiger partial charge in [0.1, 0.15) is 12.1 Å². The van der Waals surface area contributed by atoms with Crippen LogP contribution in [0.4, 0.5) is 29.5 Å². The zero-order chi connectivity index (χ0) is 23.5. The number of hydrogen-bond acceptors (Lipinski definition) is 7. The van der Waals surface area contributed by atoms with E-state index in [-0.39, 0.29) is 47.5 Å². The zero-order valence-electron chi connectivity index (χ0n) is 17.2. The summed E-state index contributed by atoms with van der Waals surface area (Å²) in [6.07, 6.45) is 0.0284. The summed E-state index contributed by atoms with van der Waals surface area (Å²) < 4.78 is 54.4. The molecular formula is C21H18ClF3N4O4. The Morgan fingerprint density at radius 2 is 2.09 bits per heavy atom. The van der Waals surface area contributed by atoms with E-state index in [1.54, 1.807) is 6.07 Å². The summed E-state index contributed by atoms with van der Waals surface area (Å²) in [5.41, 5.74) is 0.539. The van der Waals surface area contributed by atoms with E-state index in [4.69, 9.17) is 21.1 Å². The average molecular weight is 483 g/mol. The number of aromatic nitrogens is 2. The van der Waals surface area contributed by atoms with Gasteiger partial charge >= 0.3 is 12.7 Å². The predicted octanol–water partition coefficient (Wildman–Crippen LogP) is 4.99. The molecule has 1 aliphatic rings. The van der Waals surface area contributed by atoms with Crippen LogP contribution in [-0.2, 0) is 4.74 Å². The fourth-order valence-corrected chi connectivity index (χ4v) is 3.61. The van der Waals surface area contributed by atoms with Crippen LogP contribution in [-0.4, -0.2) is 53.9 Å². The van der Waals surface area contributed by atoms with Crippen LogP contribution in [0, 0.1) is 5.82 Å². The Balaban J connectivity index is 1.61. The quantitative estimate of drug-likeness (QED) is 0.530. The number of carbonyl (C=O) groups is 1. The Morgan fingerprint density at radius 1 is 1.27 bits per heavy atom. The first-order chi connectivity index (χ1) is 15.9. The highest BCUT2D eigenvalue weighted by Gasteiger charge is 2.30. The van der Waals surface area contributed by atoms with Crippen molar-refractivity contribution >= 4 is 40.1 Å². The zero-order valence-corrected chi connectivity index (χ0v) is 18.0. The highest BCUT2D eigenvalue weighted by molar-refractivity contribution is 6.31. The Morgan fingerprint density at radius 3 is 2.85 bits per heavy atom. The van der Waals surface area contributed by atoms with Crippen LogP contribution in [0.3, 0.4) is 0 Å². The number of benzene rings is 2. The SMILES string of the molecule is COc1cc2ncnc(Nc3cccc(Cl)c3F)c2cc1OC(=O)N1CC[C@@H](OC(F)F)C1. The maximum atomic E-state index is 14.4. The molecule has 1 N–H and O–H groups in total. The number of hydrogen-bond donors (Lipinski definition) is 1. The molecule has 4 rings (SSSR count). The van der Waals surface area contributed by atoms with Gasteiger partial charge in [-0.05, 0) is 24.6 Å².